The number of nitrogens with zero attached hydrogens (tertiary/aromatic N) is 1. The van der Waals surface area contributed by atoms with E-state index < -0.39 is 0 Å². The van der Waals surface area contributed by atoms with Gasteiger partial charge in [-0.25, -0.2) is 0 Å². The Morgan fingerprint density at radius 1 is 1.11 bits per heavy atom. The molecule has 0 radical (unpaired) electrons. The standard InChI is InChI=1S/C16H12ClNO/c1-11-6-7-18-12(8-11)9-14(16(18)10-19)13-4-2-3-5-15(13)17/h2-10H,1H3. The lowest BCUT2D eigenvalue weighted by atomic mass is 10.1. The number of carbonyl (C=O) groups excluding carboxylic acids is 1. The number of aldehydes is 1. The summed E-state index contributed by atoms with van der Waals surface area (Å²) in [5, 5.41) is 0.651. The summed E-state index contributed by atoms with van der Waals surface area (Å²) in [6, 6.07) is 13.6. The molecule has 2 aromatic heterocycles. The monoisotopic (exact) mass is 269 g/mol. The predicted molar refractivity (Wildman–Crippen MR) is 78.0 cm³/mol. The number of aryl methyl sites for hydroxylation is 1. The van der Waals surface area contributed by atoms with Crippen LogP contribution in [0.4, 0.5) is 0 Å². The number of fused-ring (bicyclic) bond motifs is 1. The van der Waals surface area contributed by atoms with E-state index >= 15 is 0 Å². The molecule has 0 saturated heterocycles. The van der Waals surface area contributed by atoms with Gasteiger partial charge in [-0.15, -0.1) is 0 Å². The van der Waals surface area contributed by atoms with E-state index in [0.717, 1.165) is 28.5 Å². The Morgan fingerprint density at radius 3 is 2.63 bits per heavy atom. The number of rotatable bonds is 2. The highest BCUT2D eigenvalue weighted by Gasteiger charge is 2.13. The van der Waals surface area contributed by atoms with E-state index in [0.29, 0.717) is 10.7 Å². The van der Waals surface area contributed by atoms with Crippen molar-refractivity contribution >= 4 is 23.4 Å². The van der Waals surface area contributed by atoms with Crippen LogP contribution in [-0.2, 0) is 0 Å². The highest BCUT2D eigenvalue weighted by atomic mass is 35.5. The molecule has 0 fully saturated rings. The first-order valence-corrected chi connectivity index (χ1v) is 6.40. The molecule has 2 heterocycles. The van der Waals surface area contributed by atoms with Crippen LogP contribution >= 0.6 is 11.6 Å². The normalized spacial score (nSPS) is 10.8. The number of halogens is 1. The molecule has 0 aliphatic rings. The van der Waals surface area contributed by atoms with E-state index in [9.17, 15) is 4.79 Å². The second kappa shape index (κ2) is 4.56. The SMILES string of the molecule is Cc1ccn2c(C=O)c(-c3ccccc3Cl)cc2c1. The summed E-state index contributed by atoms with van der Waals surface area (Å²) in [7, 11) is 0. The maximum atomic E-state index is 11.4. The first kappa shape index (κ1) is 12.0. The van der Waals surface area contributed by atoms with Crippen LogP contribution in [0.2, 0.25) is 5.02 Å². The number of carbonyl (C=O) groups is 1. The number of pyridine rings is 1. The lowest BCUT2D eigenvalue weighted by Crippen LogP contribution is -1.92. The molecule has 3 aromatic rings. The minimum absolute atomic E-state index is 0.628. The Kier molecular flexibility index (Phi) is 2.88. The average Bonchev–Trinajstić information content (AvgIpc) is 2.76. The summed E-state index contributed by atoms with van der Waals surface area (Å²) in [5.74, 6) is 0. The third-order valence-corrected chi connectivity index (χ3v) is 3.57. The molecule has 94 valence electrons. The molecular weight excluding hydrogens is 258 g/mol. The Morgan fingerprint density at radius 2 is 1.89 bits per heavy atom. The Labute approximate surface area is 116 Å². The van der Waals surface area contributed by atoms with E-state index in [2.05, 4.69) is 0 Å². The lowest BCUT2D eigenvalue weighted by Gasteiger charge is -2.03. The molecule has 0 aliphatic carbocycles. The van der Waals surface area contributed by atoms with E-state index in [1.807, 2.05) is 60.0 Å². The molecule has 0 spiro atoms. The largest absolute Gasteiger partial charge is 0.314 e. The molecule has 0 bridgehead atoms. The fourth-order valence-electron chi connectivity index (χ4n) is 2.33. The molecule has 1 aromatic carbocycles. The first-order chi connectivity index (χ1) is 9.20. The molecule has 0 amide bonds. The van der Waals surface area contributed by atoms with Gasteiger partial charge in [0.2, 0.25) is 0 Å². The highest BCUT2D eigenvalue weighted by molar-refractivity contribution is 6.33. The van der Waals surface area contributed by atoms with Gasteiger partial charge in [0.25, 0.3) is 0 Å². The second-order valence-corrected chi connectivity index (χ2v) is 4.95. The molecule has 3 heteroatoms. The van der Waals surface area contributed by atoms with Gasteiger partial charge in [0.05, 0.1) is 5.69 Å². The summed E-state index contributed by atoms with van der Waals surface area (Å²) in [4.78, 5) is 11.4. The third kappa shape index (κ3) is 1.94. The van der Waals surface area contributed by atoms with Crippen molar-refractivity contribution in [3.8, 4) is 11.1 Å². The molecular formula is C16H12ClNO. The maximum Gasteiger partial charge on any atom is 0.167 e. The van der Waals surface area contributed by atoms with Crippen LogP contribution in [0.15, 0.2) is 48.7 Å². The van der Waals surface area contributed by atoms with Crippen LogP contribution in [0.25, 0.3) is 16.6 Å². The molecule has 3 rings (SSSR count). The molecule has 0 aliphatic heterocycles. The molecule has 0 unspecified atom stereocenters. The minimum Gasteiger partial charge on any atom is -0.314 e. The van der Waals surface area contributed by atoms with Crippen LogP contribution in [0.5, 0.6) is 0 Å². The van der Waals surface area contributed by atoms with Crippen molar-refractivity contribution < 1.29 is 4.79 Å². The van der Waals surface area contributed by atoms with Gasteiger partial charge in [-0.1, -0.05) is 29.8 Å². The number of benzene rings is 1. The molecule has 0 saturated carbocycles. The van der Waals surface area contributed by atoms with Crippen LogP contribution in [0.3, 0.4) is 0 Å². The molecule has 0 atom stereocenters. The van der Waals surface area contributed by atoms with Gasteiger partial charge in [-0.2, -0.15) is 0 Å². The van der Waals surface area contributed by atoms with E-state index in [4.69, 9.17) is 11.6 Å². The molecule has 0 N–H and O–H groups in total. The molecule has 19 heavy (non-hydrogen) atoms. The lowest BCUT2D eigenvalue weighted by molar-refractivity contribution is 0.111. The van der Waals surface area contributed by atoms with Gasteiger partial charge in [-0.05, 0) is 36.8 Å². The van der Waals surface area contributed by atoms with Crippen LogP contribution < -0.4 is 0 Å². The quantitative estimate of drug-likeness (QED) is 0.633. The number of aromatic nitrogens is 1. The summed E-state index contributed by atoms with van der Waals surface area (Å²) >= 11 is 6.22. The van der Waals surface area contributed by atoms with Gasteiger partial charge in [0.15, 0.2) is 6.29 Å². The third-order valence-electron chi connectivity index (χ3n) is 3.24. The van der Waals surface area contributed by atoms with Crippen molar-refractivity contribution in [3.05, 3.63) is 64.9 Å². The Bertz CT molecular complexity index is 774. The van der Waals surface area contributed by atoms with Crippen LogP contribution in [0.1, 0.15) is 16.1 Å². The Hall–Kier alpha value is -2.06. The minimum atomic E-state index is 0.628. The topological polar surface area (TPSA) is 21.5 Å². The Balaban J connectivity index is 2.35. The first-order valence-electron chi connectivity index (χ1n) is 6.02. The van der Waals surface area contributed by atoms with Crippen molar-refractivity contribution in [2.24, 2.45) is 0 Å². The van der Waals surface area contributed by atoms with E-state index in [-0.39, 0.29) is 0 Å². The molecule has 2 nitrogen and oxygen atoms in total. The zero-order chi connectivity index (χ0) is 13.4. The maximum absolute atomic E-state index is 11.4. The summed E-state index contributed by atoms with van der Waals surface area (Å²) in [6.45, 7) is 2.03. The highest BCUT2D eigenvalue weighted by Crippen LogP contribution is 2.32. The average molecular weight is 270 g/mol. The van der Waals surface area contributed by atoms with Crippen LogP contribution in [-0.4, -0.2) is 10.7 Å². The smallest absolute Gasteiger partial charge is 0.167 e. The fourth-order valence-corrected chi connectivity index (χ4v) is 2.56. The fraction of sp³-hybridized carbons (Fsp3) is 0.0625. The second-order valence-electron chi connectivity index (χ2n) is 4.54. The van der Waals surface area contributed by atoms with Crippen molar-refractivity contribution in [2.75, 3.05) is 0 Å². The predicted octanol–water partition coefficient (Wildman–Crippen LogP) is 4.38. The summed E-state index contributed by atoms with van der Waals surface area (Å²) in [5.41, 5.74) is 4.53. The van der Waals surface area contributed by atoms with Crippen molar-refractivity contribution in [1.82, 2.24) is 4.40 Å². The van der Waals surface area contributed by atoms with E-state index in [1.165, 1.54) is 0 Å². The zero-order valence-electron chi connectivity index (χ0n) is 10.4. The van der Waals surface area contributed by atoms with Crippen molar-refractivity contribution in [3.63, 3.8) is 0 Å². The van der Waals surface area contributed by atoms with Crippen molar-refractivity contribution in [1.29, 1.82) is 0 Å². The van der Waals surface area contributed by atoms with Crippen LogP contribution in [0, 0.1) is 6.92 Å². The zero-order valence-corrected chi connectivity index (χ0v) is 11.2. The van der Waals surface area contributed by atoms with Gasteiger partial charge >= 0.3 is 0 Å². The summed E-state index contributed by atoms with van der Waals surface area (Å²) < 4.78 is 1.89. The van der Waals surface area contributed by atoms with Gasteiger partial charge in [0, 0.05) is 27.9 Å². The van der Waals surface area contributed by atoms with Gasteiger partial charge in [-0.3, -0.25) is 4.79 Å². The van der Waals surface area contributed by atoms with Gasteiger partial charge < -0.3 is 4.40 Å². The van der Waals surface area contributed by atoms with E-state index in [1.54, 1.807) is 0 Å². The van der Waals surface area contributed by atoms with Gasteiger partial charge in [0.1, 0.15) is 0 Å². The number of hydrogen-bond acceptors (Lipinski definition) is 1. The number of hydrogen-bond donors (Lipinski definition) is 0. The van der Waals surface area contributed by atoms with Crippen molar-refractivity contribution in [2.45, 2.75) is 6.92 Å². The summed E-state index contributed by atoms with van der Waals surface area (Å²) in [6.07, 6.45) is 2.79.